The van der Waals surface area contributed by atoms with Crippen molar-refractivity contribution in [2.45, 2.75) is 18.4 Å². The Morgan fingerprint density at radius 2 is 2.09 bits per heavy atom. The Morgan fingerprint density at radius 3 is 2.74 bits per heavy atom. The Labute approximate surface area is 137 Å². The summed E-state index contributed by atoms with van der Waals surface area (Å²) in [6.07, 6.45) is 4.71. The zero-order valence-electron chi connectivity index (χ0n) is 12.7. The molecule has 2 aromatic heterocycles. The topological polar surface area (TPSA) is 54.2 Å². The molecule has 0 bridgehead atoms. The van der Waals surface area contributed by atoms with Gasteiger partial charge >= 0.3 is 0 Å². The molecule has 120 valence electrons. The highest BCUT2D eigenvalue weighted by molar-refractivity contribution is 7.22. The first-order valence-corrected chi connectivity index (χ1v) is 8.39. The smallest absolute Gasteiger partial charge is 0.186 e. The van der Waals surface area contributed by atoms with E-state index in [-0.39, 0.29) is 5.82 Å². The molecule has 1 aliphatic heterocycles. The molecule has 4 rings (SSSR count). The minimum absolute atomic E-state index is 0.229. The maximum Gasteiger partial charge on any atom is 0.186 e. The van der Waals surface area contributed by atoms with Crippen LogP contribution < -0.4 is 4.90 Å². The van der Waals surface area contributed by atoms with Crippen LogP contribution in [0.2, 0.25) is 0 Å². The molecule has 0 amide bonds. The van der Waals surface area contributed by atoms with Gasteiger partial charge in [-0.05, 0) is 12.1 Å². The van der Waals surface area contributed by atoms with Gasteiger partial charge in [0.1, 0.15) is 17.2 Å². The molecule has 1 aliphatic rings. The zero-order chi connectivity index (χ0) is 16.0. The second-order valence-corrected chi connectivity index (χ2v) is 6.94. The molecular formula is C16H17FN4OS. The predicted octanol–water partition coefficient (Wildman–Crippen LogP) is 2.66. The van der Waals surface area contributed by atoms with Crippen molar-refractivity contribution in [3.05, 3.63) is 42.2 Å². The molecule has 23 heavy (non-hydrogen) atoms. The van der Waals surface area contributed by atoms with Crippen LogP contribution in [0.25, 0.3) is 10.2 Å². The first-order chi connectivity index (χ1) is 11.1. The lowest BCUT2D eigenvalue weighted by Gasteiger charge is -2.37. The summed E-state index contributed by atoms with van der Waals surface area (Å²) in [4.78, 5) is 10.9. The number of rotatable bonds is 2. The Morgan fingerprint density at radius 1 is 1.30 bits per heavy atom. The van der Waals surface area contributed by atoms with Crippen LogP contribution in [0.15, 0.2) is 30.6 Å². The summed E-state index contributed by atoms with van der Waals surface area (Å²) in [5.74, 6) is 0.472. The van der Waals surface area contributed by atoms with E-state index < -0.39 is 5.60 Å². The van der Waals surface area contributed by atoms with E-state index in [0.29, 0.717) is 42.0 Å². The van der Waals surface area contributed by atoms with E-state index in [2.05, 4.69) is 14.9 Å². The fourth-order valence-corrected chi connectivity index (χ4v) is 4.17. The van der Waals surface area contributed by atoms with Gasteiger partial charge in [0.2, 0.25) is 0 Å². The van der Waals surface area contributed by atoms with E-state index in [9.17, 15) is 9.50 Å². The molecule has 3 aromatic rings. The normalized spacial score (nSPS) is 17.8. The third kappa shape index (κ3) is 2.40. The lowest BCUT2D eigenvalue weighted by molar-refractivity contribution is 0.000786. The molecular weight excluding hydrogens is 315 g/mol. The van der Waals surface area contributed by atoms with Gasteiger partial charge in [0.15, 0.2) is 5.13 Å². The number of imidazole rings is 1. The first kappa shape index (κ1) is 14.6. The van der Waals surface area contributed by atoms with Gasteiger partial charge < -0.3 is 14.6 Å². The van der Waals surface area contributed by atoms with E-state index in [1.54, 1.807) is 12.3 Å². The molecule has 3 heterocycles. The molecule has 1 saturated heterocycles. The van der Waals surface area contributed by atoms with Crippen LogP contribution in [-0.2, 0) is 12.6 Å². The third-order valence-corrected chi connectivity index (χ3v) is 5.59. The largest absolute Gasteiger partial charge is 0.382 e. The summed E-state index contributed by atoms with van der Waals surface area (Å²) >= 11 is 1.37. The molecule has 5 nitrogen and oxygen atoms in total. The molecule has 0 saturated carbocycles. The quantitative estimate of drug-likeness (QED) is 0.784. The first-order valence-electron chi connectivity index (χ1n) is 7.57. The van der Waals surface area contributed by atoms with Crippen molar-refractivity contribution in [3.63, 3.8) is 0 Å². The van der Waals surface area contributed by atoms with Gasteiger partial charge in [-0.2, -0.15) is 0 Å². The molecule has 0 spiro atoms. The average Bonchev–Trinajstić information content (AvgIpc) is 3.15. The number of aryl methyl sites for hydroxylation is 1. The van der Waals surface area contributed by atoms with Gasteiger partial charge in [-0.15, -0.1) is 0 Å². The minimum Gasteiger partial charge on any atom is -0.382 e. The number of benzene rings is 1. The van der Waals surface area contributed by atoms with Crippen LogP contribution in [0.5, 0.6) is 0 Å². The van der Waals surface area contributed by atoms with Gasteiger partial charge in [0.25, 0.3) is 0 Å². The standard InChI is InChI=1S/C16H17FN4OS/c1-20-10-7-18-14(20)16(22)5-8-21(9-6-16)15-19-12-4-2-3-11(17)13(12)23-15/h2-4,7,10,22H,5-6,8-9H2,1H3. The van der Waals surface area contributed by atoms with Crippen molar-refractivity contribution in [2.24, 2.45) is 7.05 Å². The number of piperidine rings is 1. The highest BCUT2D eigenvalue weighted by Gasteiger charge is 2.37. The average molecular weight is 332 g/mol. The lowest BCUT2D eigenvalue weighted by Crippen LogP contribution is -2.43. The van der Waals surface area contributed by atoms with Crippen molar-refractivity contribution < 1.29 is 9.50 Å². The summed E-state index contributed by atoms with van der Waals surface area (Å²) in [6, 6.07) is 4.96. The van der Waals surface area contributed by atoms with Gasteiger partial charge in [0.05, 0.1) is 10.2 Å². The Kier molecular flexibility index (Phi) is 3.35. The van der Waals surface area contributed by atoms with Gasteiger partial charge in [-0.3, -0.25) is 0 Å². The molecule has 1 N–H and O–H groups in total. The Balaban J connectivity index is 1.57. The Hall–Kier alpha value is -1.99. The maximum atomic E-state index is 13.8. The molecule has 1 aromatic carbocycles. The highest BCUT2D eigenvalue weighted by atomic mass is 32.1. The van der Waals surface area contributed by atoms with Crippen LogP contribution in [0, 0.1) is 5.82 Å². The highest BCUT2D eigenvalue weighted by Crippen LogP contribution is 2.36. The summed E-state index contributed by atoms with van der Waals surface area (Å²) in [5, 5.41) is 11.7. The van der Waals surface area contributed by atoms with E-state index in [4.69, 9.17) is 0 Å². The van der Waals surface area contributed by atoms with Crippen molar-refractivity contribution in [1.82, 2.24) is 14.5 Å². The number of fused-ring (bicyclic) bond motifs is 1. The van der Waals surface area contributed by atoms with Crippen LogP contribution in [0.3, 0.4) is 0 Å². The molecule has 0 atom stereocenters. The third-order valence-electron chi connectivity index (χ3n) is 4.45. The Bertz CT molecular complexity index is 851. The minimum atomic E-state index is -0.906. The summed E-state index contributed by atoms with van der Waals surface area (Å²) in [7, 11) is 1.89. The van der Waals surface area contributed by atoms with Gasteiger partial charge in [-0.1, -0.05) is 17.4 Å². The van der Waals surface area contributed by atoms with E-state index >= 15 is 0 Å². The number of thiazole rings is 1. The van der Waals surface area contributed by atoms with Crippen LogP contribution in [0.4, 0.5) is 9.52 Å². The number of aromatic nitrogens is 3. The fraction of sp³-hybridized carbons (Fsp3) is 0.375. The van der Waals surface area contributed by atoms with Crippen LogP contribution in [-0.4, -0.2) is 32.7 Å². The number of hydrogen-bond donors (Lipinski definition) is 1. The molecule has 7 heteroatoms. The summed E-state index contributed by atoms with van der Waals surface area (Å²) in [5.41, 5.74) is -0.216. The molecule has 0 aliphatic carbocycles. The van der Waals surface area contributed by atoms with E-state index in [0.717, 1.165) is 5.13 Å². The zero-order valence-corrected chi connectivity index (χ0v) is 13.6. The van der Waals surface area contributed by atoms with Crippen LogP contribution >= 0.6 is 11.3 Å². The number of halogens is 1. The van der Waals surface area contributed by atoms with E-state index in [1.807, 2.05) is 23.9 Å². The second kappa shape index (κ2) is 5.28. The predicted molar refractivity (Wildman–Crippen MR) is 88.1 cm³/mol. The molecule has 0 unspecified atom stereocenters. The van der Waals surface area contributed by atoms with Crippen molar-refractivity contribution >= 4 is 26.7 Å². The van der Waals surface area contributed by atoms with Gasteiger partial charge in [-0.25, -0.2) is 14.4 Å². The van der Waals surface area contributed by atoms with Crippen molar-refractivity contribution in [2.75, 3.05) is 18.0 Å². The maximum absolute atomic E-state index is 13.8. The fourth-order valence-electron chi connectivity index (χ4n) is 3.14. The monoisotopic (exact) mass is 332 g/mol. The summed E-state index contributed by atoms with van der Waals surface area (Å²) < 4.78 is 16.3. The number of anilines is 1. The van der Waals surface area contributed by atoms with Gasteiger partial charge in [0, 0.05) is 45.4 Å². The van der Waals surface area contributed by atoms with Crippen LogP contribution in [0.1, 0.15) is 18.7 Å². The van der Waals surface area contributed by atoms with Crippen molar-refractivity contribution in [1.29, 1.82) is 0 Å². The lowest BCUT2D eigenvalue weighted by atomic mass is 9.90. The van der Waals surface area contributed by atoms with Crippen molar-refractivity contribution in [3.8, 4) is 0 Å². The second-order valence-electron chi connectivity index (χ2n) is 5.96. The SMILES string of the molecule is Cn1ccnc1C1(O)CCN(c2nc3cccc(F)c3s2)CC1. The molecule has 0 radical (unpaired) electrons. The molecule has 1 fully saturated rings. The van der Waals surface area contributed by atoms with E-state index in [1.165, 1.54) is 17.4 Å². The number of hydrogen-bond acceptors (Lipinski definition) is 5. The number of aliphatic hydroxyl groups is 1. The number of nitrogens with zero attached hydrogens (tertiary/aromatic N) is 4. The summed E-state index contributed by atoms with van der Waals surface area (Å²) in [6.45, 7) is 1.34.